The Kier molecular flexibility index (Phi) is 5.62. The molecule has 0 spiro atoms. The van der Waals surface area contributed by atoms with Crippen molar-refractivity contribution in [2.45, 2.75) is 18.9 Å². The second-order valence-electron chi connectivity index (χ2n) is 7.50. The summed E-state index contributed by atoms with van der Waals surface area (Å²) < 4.78 is 7.79. The Balaban J connectivity index is 1.39. The van der Waals surface area contributed by atoms with Crippen molar-refractivity contribution in [3.8, 4) is 17.0 Å². The fourth-order valence-corrected chi connectivity index (χ4v) is 3.56. The number of carbonyl (C=O) groups excluding carboxylic acids is 1. The average molecular weight is 390 g/mol. The van der Waals surface area contributed by atoms with Gasteiger partial charge in [0.2, 0.25) is 0 Å². The van der Waals surface area contributed by atoms with E-state index in [0.717, 1.165) is 48.6 Å². The summed E-state index contributed by atoms with van der Waals surface area (Å²) in [6.45, 7) is 2.13. The van der Waals surface area contributed by atoms with Gasteiger partial charge in [-0.25, -0.2) is 0 Å². The molecule has 150 valence electrons. The van der Waals surface area contributed by atoms with Crippen LogP contribution in [0.3, 0.4) is 0 Å². The molecule has 1 saturated heterocycles. The number of amides is 1. The Labute approximate surface area is 171 Å². The number of nitrogens with zero attached hydrogens (tertiary/aromatic N) is 3. The predicted molar refractivity (Wildman–Crippen MR) is 114 cm³/mol. The van der Waals surface area contributed by atoms with Crippen LogP contribution in [0.1, 0.15) is 23.3 Å². The van der Waals surface area contributed by atoms with Gasteiger partial charge >= 0.3 is 0 Å². The highest BCUT2D eigenvalue weighted by Crippen LogP contribution is 2.22. The van der Waals surface area contributed by atoms with Crippen LogP contribution < -0.4 is 10.1 Å². The number of rotatable bonds is 5. The van der Waals surface area contributed by atoms with Crippen molar-refractivity contribution < 1.29 is 9.53 Å². The smallest absolute Gasteiger partial charge is 0.276 e. The SMILES string of the molecule is CN1CCC(Oc2ccc(NC(=O)c3cc(-c4ccccc4)n(C)n3)cc2)CC1. The molecule has 0 bridgehead atoms. The average Bonchev–Trinajstić information content (AvgIpc) is 3.14. The van der Waals surface area contributed by atoms with Gasteiger partial charge in [0.1, 0.15) is 11.9 Å². The van der Waals surface area contributed by atoms with E-state index in [9.17, 15) is 4.79 Å². The van der Waals surface area contributed by atoms with Crippen LogP contribution in [0.5, 0.6) is 5.75 Å². The summed E-state index contributed by atoms with van der Waals surface area (Å²) in [4.78, 5) is 14.9. The highest BCUT2D eigenvalue weighted by atomic mass is 16.5. The summed E-state index contributed by atoms with van der Waals surface area (Å²) in [5, 5.41) is 7.27. The van der Waals surface area contributed by atoms with Gasteiger partial charge in [0, 0.05) is 25.8 Å². The monoisotopic (exact) mass is 390 g/mol. The summed E-state index contributed by atoms with van der Waals surface area (Å²) in [5.41, 5.74) is 3.03. The number of ether oxygens (including phenoxy) is 1. The lowest BCUT2D eigenvalue weighted by molar-refractivity contribution is 0.102. The minimum absolute atomic E-state index is 0.230. The second kappa shape index (κ2) is 8.49. The molecule has 1 fully saturated rings. The summed E-state index contributed by atoms with van der Waals surface area (Å²) in [5.74, 6) is 0.605. The topological polar surface area (TPSA) is 59.4 Å². The van der Waals surface area contributed by atoms with Crippen molar-refractivity contribution in [1.29, 1.82) is 0 Å². The molecule has 1 amide bonds. The molecule has 0 unspecified atom stereocenters. The number of carbonyl (C=O) groups is 1. The van der Waals surface area contributed by atoms with Crippen LogP contribution in [-0.4, -0.2) is 46.8 Å². The number of nitrogens with one attached hydrogen (secondary N) is 1. The number of hydrogen-bond donors (Lipinski definition) is 1. The Hall–Kier alpha value is -3.12. The zero-order valence-corrected chi connectivity index (χ0v) is 16.8. The third kappa shape index (κ3) is 4.66. The molecular weight excluding hydrogens is 364 g/mol. The highest BCUT2D eigenvalue weighted by molar-refractivity contribution is 6.03. The molecule has 1 aromatic heterocycles. The first kappa shape index (κ1) is 19.2. The van der Waals surface area contributed by atoms with E-state index < -0.39 is 0 Å². The number of piperidine rings is 1. The van der Waals surface area contributed by atoms with Crippen LogP contribution in [0.25, 0.3) is 11.3 Å². The Bertz CT molecular complexity index is 958. The standard InChI is InChI=1S/C23H26N4O2/c1-26-14-12-20(13-15-26)29-19-10-8-18(9-11-19)24-23(28)21-16-22(27(2)25-21)17-6-4-3-5-7-17/h3-11,16,20H,12-15H2,1-2H3,(H,24,28). The van der Waals surface area contributed by atoms with Gasteiger partial charge in [0.05, 0.1) is 5.69 Å². The van der Waals surface area contributed by atoms with Crippen molar-refractivity contribution in [3.63, 3.8) is 0 Å². The fourth-order valence-electron chi connectivity index (χ4n) is 3.56. The Morgan fingerprint density at radius 1 is 1.03 bits per heavy atom. The molecule has 29 heavy (non-hydrogen) atoms. The van der Waals surface area contributed by atoms with Crippen LogP contribution in [0, 0.1) is 0 Å². The Morgan fingerprint density at radius 3 is 2.41 bits per heavy atom. The van der Waals surface area contributed by atoms with Crippen molar-refractivity contribution in [3.05, 3.63) is 66.4 Å². The normalized spacial score (nSPS) is 15.2. The summed E-state index contributed by atoms with van der Waals surface area (Å²) in [6, 6.07) is 19.3. The number of hydrogen-bond acceptors (Lipinski definition) is 4. The lowest BCUT2D eigenvalue weighted by Gasteiger charge is -2.29. The first-order valence-electron chi connectivity index (χ1n) is 9.94. The fraction of sp³-hybridized carbons (Fsp3) is 0.304. The van der Waals surface area contributed by atoms with E-state index in [2.05, 4.69) is 22.4 Å². The molecule has 2 heterocycles. The van der Waals surface area contributed by atoms with Crippen LogP contribution in [0.2, 0.25) is 0 Å². The van der Waals surface area contributed by atoms with Gasteiger partial charge in [-0.15, -0.1) is 0 Å². The maximum absolute atomic E-state index is 12.6. The largest absolute Gasteiger partial charge is 0.490 e. The highest BCUT2D eigenvalue weighted by Gasteiger charge is 2.18. The molecule has 4 rings (SSSR count). The van der Waals surface area contributed by atoms with Gasteiger partial charge in [-0.1, -0.05) is 30.3 Å². The van der Waals surface area contributed by atoms with E-state index >= 15 is 0 Å². The summed E-state index contributed by atoms with van der Waals surface area (Å²) in [6.07, 6.45) is 2.34. The molecule has 1 N–H and O–H groups in total. The minimum Gasteiger partial charge on any atom is -0.490 e. The number of aromatic nitrogens is 2. The molecule has 6 heteroatoms. The van der Waals surface area contributed by atoms with Gasteiger partial charge in [-0.05, 0) is 55.8 Å². The van der Waals surface area contributed by atoms with E-state index in [4.69, 9.17) is 4.74 Å². The number of benzene rings is 2. The molecular formula is C23H26N4O2. The van der Waals surface area contributed by atoms with Gasteiger partial charge in [0.25, 0.3) is 5.91 Å². The molecule has 0 aliphatic carbocycles. The molecule has 2 aromatic carbocycles. The zero-order valence-electron chi connectivity index (χ0n) is 16.8. The number of anilines is 1. The van der Waals surface area contributed by atoms with Gasteiger partial charge in [-0.2, -0.15) is 5.10 Å². The van der Waals surface area contributed by atoms with Gasteiger partial charge < -0.3 is 15.0 Å². The van der Waals surface area contributed by atoms with Crippen molar-refractivity contribution in [2.75, 3.05) is 25.5 Å². The first-order valence-corrected chi connectivity index (χ1v) is 9.94. The maximum Gasteiger partial charge on any atom is 0.276 e. The van der Waals surface area contributed by atoms with Gasteiger partial charge in [-0.3, -0.25) is 9.48 Å². The van der Waals surface area contributed by atoms with Crippen LogP contribution in [0.4, 0.5) is 5.69 Å². The number of likely N-dealkylation sites (tertiary alicyclic amines) is 1. The van der Waals surface area contributed by atoms with Crippen LogP contribution in [-0.2, 0) is 7.05 Å². The molecule has 0 atom stereocenters. The Morgan fingerprint density at radius 2 is 1.72 bits per heavy atom. The quantitative estimate of drug-likeness (QED) is 0.720. The summed E-state index contributed by atoms with van der Waals surface area (Å²) >= 11 is 0. The molecule has 6 nitrogen and oxygen atoms in total. The van der Waals surface area contributed by atoms with E-state index in [-0.39, 0.29) is 12.0 Å². The van der Waals surface area contributed by atoms with Gasteiger partial charge in [0.15, 0.2) is 5.69 Å². The minimum atomic E-state index is -0.230. The van der Waals surface area contributed by atoms with E-state index in [1.807, 2.05) is 67.7 Å². The predicted octanol–water partition coefficient (Wildman–Crippen LogP) is 3.81. The van der Waals surface area contributed by atoms with E-state index in [1.54, 1.807) is 4.68 Å². The first-order chi connectivity index (χ1) is 14.1. The molecule has 1 aliphatic heterocycles. The van der Waals surface area contributed by atoms with Crippen LogP contribution >= 0.6 is 0 Å². The molecule has 1 aliphatic rings. The van der Waals surface area contributed by atoms with Crippen molar-refractivity contribution in [1.82, 2.24) is 14.7 Å². The third-order valence-corrected chi connectivity index (χ3v) is 5.26. The lowest BCUT2D eigenvalue weighted by atomic mass is 10.1. The van der Waals surface area contributed by atoms with Crippen LogP contribution in [0.15, 0.2) is 60.7 Å². The van der Waals surface area contributed by atoms with E-state index in [1.165, 1.54) is 0 Å². The van der Waals surface area contributed by atoms with E-state index in [0.29, 0.717) is 5.69 Å². The maximum atomic E-state index is 12.6. The lowest BCUT2D eigenvalue weighted by Crippen LogP contribution is -2.35. The zero-order chi connectivity index (χ0) is 20.2. The molecule has 0 saturated carbocycles. The summed E-state index contributed by atoms with van der Waals surface area (Å²) in [7, 11) is 3.98. The third-order valence-electron chi connectivity index (χ3n) is 5.26. The molecule has 3 aromatic rings. The number of aryl methyl sites for hydroxylation is 1. The second-order valence-corrected chi connectivity index (χ2v) is 7.50. The molecule has 0 radical (unpaired) electrons. The van der Waals surface area contributed by atoms with Crippen molar-refractivity contribution >= 4 is 11.6 Å². The van der Waals surface area contributed by atoms with Crippen molar-refractivity contribution in [2.24, 2.45) is 7.05 Å².